The molecule has 0 saturated carbocycles. The van der Waals surface area contributed by atoms with Gasteiger partial charge in [0.05, 0.1) is 6.54 Å². The van der Waals surface area contributed by atoms with Crippen molar-refractivity contribution in [3.05, 3.63) is 21.9 Å². The van der Waals surface area contributed by atoms with E-state index in [9.17, 15) is 4.79 Å². The molecule has 2 aliphatic heterocycles. The van der Waals surface area contributed by atoms with E-state index >= 15 is 0 Å². The Labute approximate surface area is 125 Å². The Morgan fingerprint density at radius 2 is 2.10 bits per heavy atom. The highest BCUT2D eigenvalue weighted by molar-refractivity contribution is 7.10. The third-order valence-electron chi connectivity index (χ3n) is 4.46. The van der Waals surface area contributed by atoms with Crippen LogP contribution >= 0.6 is 11.3 Å². The van der Waals surface area contributed by atoms with Gasteiger partial charge in [-0.15, -0.1) is 11.3 Å². The Hall–Kier alpha value is -0.870. The molecule has 2 atom stereocenters. The quantitative estimate of drug-likeness (QED) is 0.836. The molecule has 3 nitrogen and oxygen atoms in total. The van der Waals surface area contributed by atoms with Crippen molar-refractivity contribution in [3.63, 3.8) is 0 Å². The van der Waals surface area contributed by atoms with Crippen LogP contribution in [0.2, 0.25) is 0 Å². The van der Waals surface area contributed by atoms with Crippen molar-refractivity contribution in [2.75, 3.05) is 26.2 Å². The molecule has 0 N–H and O–H groups in total. The highest BCUT2D eigenvalue weighted by Gasteiger charge is 2.26. The summed E-state index contributed by atoms with van der Waals surface area (Å²) >= 11 is 1.83. The van der Waals surface area contributed by atoms with E-state index in [1.807, 2.05) is 16.2 Å². The number of fused-ring (bicyclic) bond motifs is 1. The average molecular weight is 292 g/mol. The van der Waals surface area contributed by atoms with E-state index in [4.69, 9.17) is 0 Å². The van der Waals surface area contributed by atoms with Gasteiger partial charge >= 0.3 is 0 Å². The van der Waals surface area contributed by atoms with Gasteiger partial charge in [-0.2, -0.15) is 0 Å². The summed E-state index contributed by atoms with van der Waals surface area (Å²) < 4.78 is 0. The van der Waals surface area contributed by atoms with Crippen molar-refractivity contribution in [2.45, 2.75) is 33.2 Å². The summed E-state index contributed by atoms with van der Waals surface area (Å²) in [5.74, 6) is 1.75. The lowest BCUT2D eigenvalue weighted by Crippen LogP contribution is -2.46. The van der Waals surface area contributed by atoms with E-state index in [1.165, 1.54) is 16.9 Å². The van der Waals surface area contributed by atoms with Crippen LogP contribution in [0.3, 0.4) is 0 Å². The number of hydrogen-bond donors (Lipinski definition) is 0. The van der Waals surface area contributed by atoms with Crippen LogP contribution in [0.25, 0.3) is 0 Å². The van der Waals surface area contributed by atoms with Crippen LogP contribution in [0.4, 0.5) is 0 Å². The number of thiophene rings is 1. The van der Waals surface area contributed by atoms with Gasteiger partial charge < -0.3 is 4.90 Å². The van der Waals surface area contributed by atoms with E-state index in [0.29, 0.717) is 12.5 Å². The minimum Gasteiger partial charge on any atom is -0.337 e. The molecule has 1 aromatic heterocycles. The molecule has 20 heavy (non-hydrogen) atoms. The van der Waals surface area contributed by atoms with Crippen molar-refractivity contribution in [2.24, 2.45) is 11.8 Å². The highest BCUT2D eigenvalue weighted by atomic mass is 32.1. The van der Waals surface area contributed by atoms with Crippen LogP contribution in [0.1, 0.15) is 30.7 Å². The van der Waals surface area contributed by atoms with E-state index in [0.717, 1.165) is 44.4 Å². The van der Waals surface area contributed by atoms with Gasteiger partial charge in [-0.05, 0) is 41.7 Å². The lowest BCUT2D eigenvalue weighted by atomic mass is 9.92. The normalized spacial score (nSPS) is 27.4. The molecule has 3 rings (SSSR count). The van der Waals surface area contributed by atoms with Crippen molar-refractivity contribution in [1.29, 1.82) is 0 Å². The first-order valence-electron chi connectivity index (χ1n) is 7.67. The molecule has 0 aromatic carbocycles. The number of likely N-dealkylation sites (tertiary alicyclic amines) is 1. The second kappa shape index (κ2) is 5.86. The average Bonchev–Trinajstić information content (AvgIpc) is 2.84. The molecule has 110 valence electrons. The van der Waals surface area contributed by atoms with Gasteiger partial charge in [0.25, 0.3) is 0 Å². The minimum absolute atomic E-state index is 0.308. The standard InChI is InChI=1S/C16H24N2OS/c1-12-7-13(2)9-17(8-12)11-16(19)18-5-3-15-14(10-18)4-6-20-15/h4,6,12-13H,3,5,7-11H2,1-2H3. The molecule has 2 unspecified atom stereocenters. The summed E-state index contributed by atoms with van der Waals surface area (Å²) in [6, 6.07) is 2.17. The van der Waals surface area contributed by atoms with Gasteiger partial charge in [0.15, 0.2) is 0 Å². The van der Waals surface area contributed by atoms with Crippen LogP contribution in [0, 0.1) is 11.8 Å². The molecular weight excluding hydrogens is 268 g/mol. The van der Waals surface area contributed by atoms with E-state index in [2.05, 4.69) is 30.2 Å². The molecule has 2 aliphatic rings. The molecule has 4 heteroatoms. The SMILES string of the molecule is CC1CC(C)CN(CC(=O)N2CCc3sccc3C2)C1. The molecule has 0 spiro atoms. The van der Waals surface area contributed by atoms with Crippen molar-refractivity contribution in [1.82, 2.24) is 9.80 Å². The fraction of sp³-hybridized carbons (Fsp3) is 0.688. The molecule has 1 amide bonds. The highest BCUT2D eigenvalue weighted by Crippen LogP contribution is 2.25. The maximum Gasteiger partial charge on any atom is 0.237 e. The smallest absolute Gasteiger partial charge is 0.237 e. The molecule has 3 heterocycles. The Morgan fingerprint density at radius 1 is 1.35 bits per heavy atom. The maximum absolute atomic E-state index is 12.5. The number of piperidine rings is 1. The van der Waals surface area contributed by atoms with Gasteiger partial charge in [-0.1, -0.05) is 13.8 Å². The lowest BCUT2D eigenvalue weighted by Gasteiger charge is -2.36. The number of rotatable bonds is 2. The van der Waals surface area contributed by atoms with E-state index in [1.54, 1.807) is 0 Å². The van der Waals surface area contributed by atoms with Gasteiger partial charge in [0.1, 0.15) is 0 Å². The van der Waals surface area contributed by atoms with Crippen molar-refractivity contribution in [3.8, 4) is 0 Å². The first-order chi connectivity index (χ1) is 9.61. The summed E-state index contributed by atoms with van der Waals surface area (Å²) in [4.78, 5) is 18.4. The fourth-order valence-corrected chi connectivity index (χ4v) is 4.56. The minimum atomic E-state index is 0.308. The third kappa shape index (κ3) is 3.07. The van der Waals surface area contributed by atoms with Crippen molar-refractivity contribution < 1.29 is 4.79 Å². The Balaban J connectivity index is 1.57. The first-order valence-corrected chi connectivity index (χ1v) is 8.55. The largest absolute Gasteiger partial charge is 0.337 e. The predicted molar refractivity (Wildman–Crippen MR) is 82.8 cm³/mol. The summed E-state index contributed by atoms with van der Waals surface area (Å²) in [6.07, 6.45) is 2.33. The van der Waals surface area contributed by atoms with E-state index < -0.39 is 0 Å². The summed E-state index contributed by atoms with van der Waals surface area (Å²) in [7, 11) is 0. The van der Waals surface area contributed by atoms with Gasteiger partial charge in [-0.3, -0.25) is 9.69 Å². The summed E-state index contributed by atoms with van der Waals surface area (Å²) in [6.45, 7) is 9.06. The molecule has 1 fully saturated rings. The van der Waals surface area contributed by atoms with E-state index in [-0.39, 0.29) is 0 Å². The van der Waals surface area contributed by atoms with Gasteiger partial charge in [0, 0.05) is 31.1 Å². The molecule has 1 aromatic rings. The monoisotopic (exact) mass is 292 g/mol. The fourth-order valence-electron chi connectivity index (χ4n) is 3.67. The summed E-state index contributed by atoms with van der Waals surface area (Å²) in [5.41, 5.74) is 1.36. The molecule has 1 saturated heterocycles. The zero-order chi connectivity index (χ0) is 14.1. The van der Waals surface area contributed by atoms with Crippen LogP contribution in [-0.2, 0) is 17.8 Å². The molecular formula is C16H24N2OS. The van der Waals surface area contributed by atoms with Gasteiger partial charge in [0.2, 0.25) is 5.91 Å². The van der Waals surface area contributed by atoms with Crippen LogP contribution < -0.4 is 0 Å². The second-order valence-electron chi connectivity index (χ2n) is 6.57. The van der Waals surface area contributed by atoms with Crippen LogP contribution in [-0.4, -0.2) is 41.9 Å². The number of carbonyl (C=O) groups excluding carboxylic acids is 1. The topological polar surface area (TPSA) is 23.6 Å². The Kier molecular flexibility index (Phi) is 4.13. The van der Waals surface area contributed by atoms with Crippen molar-refractivity contribution >= 4 is 17.2 Å². The Bertz CT molecular complexity index is 475. The number of amides is 1. The zero-order valence-electron chi connectivity index (χ0n) is 12.5. The number of carbonyl (C=O) groups is 1. The zero-order valence-corrected chi connectivity index (χ0v) is 13.3. The first kappa shape index (κ1) is 14.1. The predicted octanol–water partition coefficient (Wildman–Crippen LogP) is 2.61. The third-order valence-corrected chi connectivity index (χ3v) is 5.49. The van der Waals surface area contributed by atoms with Gasteiger partial charge in [-0.25, -0.2) is 0 Å². The molecule has 0 aliphatic carbocycles. The maximum atomic E-state index is 12.5. The second-order valence-corrected chi connectivity index (χ2v) is 7.58. The number of hydrogen-bond acceptors (Lipinski definition) is 3. The van der Waals surface area contributed by atoms with Crippen LogP contribution in [0.5, 0.6) is 0 Å². The number of nitrogens with zero attached hydrogens (tertiary/aromatic N) is 2. The van der Waals surface area contributed by atoms with Crippen LogP contribution in [0.15, 0.2) is 11.4 Å². The lowest BCUT2D eigenvalue weighted by molar-refractivity contribution is -0.134. The molecule has 0 bridgehead atoms. The molecule has 0 radical (unpaired) electrons. The summed E-state index contributed by atoms with van der Waals surface area (Å²) in [5, 5.41) is 2.15. The Morgan fingerprint density at radius 3 is 2.85 bits per heavy atom.